The van der Waals surface area contributed by atoms with E-state index < -0.39 is 10.8 Å². The Kier molecular flexibility index (Phi) is 5.56. The molecule has 0 aliphatic carbocycles. The van der Waals surface area contributed by atoms with E-state index in [9.17, 15) is 9.00 Å². The van der Waals surface area contributed by atoms with Crippen LogP contribution in [0.2, 0.25) is 0 Å². The summed E-state index contributed by atoms with van der Waals surface area (Å²) in [7, 11) is -0.898. The molecular weight excluding hydrogens is 284 g/mol. The van der Waals surface area contributed by atoms with Gasteiger partial charge in [0.05, 0.1) is 0 Å². The van der Waals surface area contributed by atoms with Gasteiger partial charge in [0, 0.05) is 41.9 Å². The van der Waals surface area contributed by atoms with E-state index in [0.29, 0.717) is 12.3 Å². The van der Waals surface area contributed by atoms with Crippen molar-refractivity contribution in [2.24, 2.45) is 0 Å². The highest BCUT2D eigenvalue weighted by Crippen LogP contribution is 2.20. The summed E-state index contributed by atoms with van der Waals surface area (Å²) < 4.78 is 11.2. The molecule has 0 fully saturated rings. The maximum Gasteiger partial charge on any atom is 0.317 e. The van der Waals surface area contributed by atoms with Crippen LogP contribution >= 0.6 is 0 Å². The van der Waals surface area contributed by atoms with Crippen LogP contribution < -0.4 is 5.32 Å². The second-order valence-corrected chi connectivity index (χ2v) is 6.88. The lowest BCUT2D eigenvalue weighted by atomic mass is 10.0. The summed E-state index contributed by atoms with van der Waals surface area (Å²) in [6, 6.07) is 9.99. The highest BCUT2D eigenvalue weighted by Gasteiger charge is 2.20. The minimum absolute atomic E-state index is 0.0746. The molecule has 5 heteroatoms. The first-order chi connectivity index (χ1) is 10.1. The van der Waals surface area contributed by atoms with E-state index in [1.54, 1.807) is 6.26 Å². The third-order valence-electron chi connectivity index (χ3n) is 3.44. The summed E-state index contributed by atoms with van der Waals surface area (Å²) in [5, 5.41) is 2.92. The number of hydrogen-bond acceptors (Lipinski definition) is 2. The molecule has 0 radical (unpaired) electrons. The Morgan fingerprint density at radius 2 is 2.10 bits per heavy atom. The van der Waals surface area contributed by atoms with Gasteiger partial charge in [-0.1, -0.05) is 36.4 Å². The topological polar surface area (TPSA) is 49.4 Å². The van der Waals surface area contributed by atoms with Gasteiger partial charge in [-0.25, -0.2) is 4.79 Å². The average Bonchev–Trinajstić information content (AvgIpc) is 2.47. The van der Waals surface area contributed by atoms with Gasteiger partial charge in [0.15, 0.2) is 0 Å². The van der Waals surface area contributed by atoms with E-state index in [-0.39, 0.29) is 12.1 Å². The summed E-state index contributed by atoms with van der Waals surface area (Å²) in [4.78, 5) is 14.1. The third-order valence-corrected chi connectivity index (χ3v) is 4.41. The molecule has 1 heterocycles. The highest BCUT2D eigenvalue weighted by molar-refractivity contribution is 7.84. The van der Waals surface area contributed by atoms with Gasteiger partial charge in [0.25, 0.3) is 0 Å². The van der Waals surface area contributed by atoms with Gasteiger partial charge in [-0.3, -0.25) is 4.21 Å². The fourth-order valence-electron chi connectivity index (χ4n) is 2.47. The van der Waals surface area contributed by atoms with E-state index in [1.165, 1.54) is 5.57 Å². The van der Waals surface area contributed by atoms with Crippen LogP contribution in [0, 0.1) is 0 Å². The number of nitrogens with one attached hydrogen (secondary N) is 1. The summed E-state index contributed by atoms with van der Waals surface area (Å²) in [6.07, 6.45) is 4.72. The summed E-state index contributed by atoms with van der Waals surface area (Å²) in [6.45, 7) is 3.24. The smallest absolute Gasteiger partial charge is 0.317 e. The lowest BCUT2D eigenvalue weighted by Gasteiger charge is -2.29. The van der Waals surface area contributed by atoms with Crippen molar-refractivity contribution >= 4 is 22.4 Å². The molecule has 0 spiro atoms. The zero-order valence-electron chi connectivity index (χ0n) is 12.5. The van der Waals surface area contributed by atoms with Crippen molar-refractivity contribution in [3.8, 4) is 0 Å². The predicted octanol–water partition coefficient (Wildman–Crippen LogP) is 2.25. The van der Waals surface area contributed by atoms with Crippen LogP contribution in [-0.4, -0.2) is 46.3 Å². The number of hydrogen-bond donors (Lipinski definition) is 1. The van der Waals surface area contributed by atoms with E-state index in [4.69, 9.17) is 0 Å². The van der Waals surface area contributed by atoms with Crippen molar-refractivity contribution < 1.29 is 9.00 Å². The Balaban J connectivity index is 1.95. The monoisotopic (exact) mass is 306 g/mol. The van der Waals surface area contributed by atoms with Crippen molar-refractivity contribution in [2.75, 3.05) is 25.1 Å². The fourth-order valence-corrected chi connectivity index (χ4v) is 3.26. The number of nitrogens with zero attached hydrogens (tertiary/aromatic N) is 1. The number of benzene rings is 1. The molecule has 4 nitrogen and oxygen atoms in total. The highest BCUT2D eigenvalue weighted by atomic mass is 32.2. The van der Waals surface area contributed by atoms with Gasteiger partial charge < -0.3 is 10.2 Å². The van der Waals surface area contributed by atoms with Gasteiger partial charge in [0.1, 0.15) is 0 Å². The predicted molar refractivity (Wildman–Crippen MR) is 87.5 cm³/mol. The van der Waals surface area contributed by atoms with Gasteiger partial charge in [-0.05, 0) is 24.5 Å². The first kappa shape index (κ1) is 15.8. The molecule has 21 heavy (non-hydrogen) atoms. The zero-order valence-corrected chi connectivity index (χ0v) is 13.4. The fraction of sp³-hybridized carbons (Fsp3) is 0.438. The van der Waals surface area contributed by atoms with Gasteiger partial charge in [-0.2, -0.15) is 0 Å². The normalized spacial score (nSPS) is 17.8. The van der Waals surface area contributed by atoms with Gasteiger partial charge in [-0.15, -0.1) is 0 Å². The molecule has 0 saturated carbocycles. The minimum atomic E-state index is -0.898. The van der Waals surface area contributed by atoms with Crippen molar-refractivity contribution in [3.63, 3.8) is 0 Å². The second-order valence-electron chi connectivity index (χ2n) is 5.40. The molecule has 2 atom stereocenters. The minimum Gasteiger partial charge on any atom is -0.335 e. The summed E-state index contributed by atoms with van der Waals surface area (Å²) >= 11 is 0. The number of amides is 2. The Morgan fingerprint density at radius 1 is 1.38 bits per heavy atom. The molecule has 114 valence electrons. The molecule has 2 amide bonds. The number of rotatable bonds is 4. The van der Waals surface area contributed by atoms with E-state index in [2.05, 4.69) is 23.5 Å². The lowest BCUT2D eigenvalue weighted by Crippen LogP contribution is -2.47. The second kappa shape index (κ2) is 7.41. The van der Waals surface area contributed by atoms with Crippen molar-refractivity contribution in [1.82, 2.24) is 10.2 Å². The van der Waals surface area contributed by atoms with Crippen LogP contribution in [0.15, 0.2) is 36.4 Å². The molecule has 0 unspecified atom stereocenters. The van der Waals surface area contributed by atoms with Crippen molar-refractivity contribution in [3.05, 3.63) is 42.0 Å². The van der Waals surface area contributed by atoms with E-state index in [0.717, 1.165) is 18.5 Å². The Morgan fingerprint density at radius 3 is 2.76 bits per heavy atom. The van der Waals surface area contributed by atoms with Crippen molar-refractivity contribution in [1.29, 1.82) is 0 Å². The third kappa shape index (κ3) is 4.70. The average molecular weight is 306 g/mol. The molecule has 0 aromatic heterocycles. The molecule has 0 saturated heterocycles. The Hall–Kier alpha value is -1.62. The molecule has 1 aliphatic rings. The molecule has 2 rings (SSSR count). The van der Waals surface area contributed by atoms with Crippen LogP contribution in [0.4, 0.5) is 4.79 Å². The van der Waals surface area contributed by atoms with E-state index in [1.807, 2.05) is 30.0 Å². The molecule has 0 bridgehead atoms. The Labute approximate surface area is 128 Å². The number of carbonyl (C=O) groups is 1. The molecule has 1 aliphatic heterocycles. The van der Waals surface area contributed by atoms with Gasteiger partial charge >= 0.3 is 6.03 Å². The van der Waals surface area contributed by atoms with Crippen molar-refractivity contribution in [2.45, 2.75) is 19.4 Å². The van der Waals surface area contributed by atoms with Crippen LogP contribution in [0.5, 0.6) is 0 Å². The lowest BCUT2D eigenvalue weighted by molar-refractivity contribution is 0.201. The summed E-state index contributed by atoms with van der Waals surface area (Å²) in [5.74, 6) is 0.487. The maximum absolute atomic E-state index is 12.3. The van der Waals surface area contributed by atoms with Crippen LogP contribution in [0.3, 0.4) is 0 Å². The SMILES string of the molecule is C[C@H](C[S@](C)=O)NC(=O)N1CCC=C(c2ccccc2)C1. The number of urea groups is 1. The standard InChI is InChI=1S/C16H22N2O2S/c1-13(12-21(2)20)17-16(19)18-10-6-9-15(11-18)14-7-4-3-5-8-14/h3-5,7-9,13H,6,10-12H2,1-2H3,(H,17,19)/t13-,21+/m1/s1. The maximum atomic E-state index is 12.3. The Bertz CT molecular complexity index is 542. The first-order valence-electron chi connectivity index (χ1n) is 7.16. The molecule has 1 N–H and O–H groups in total. The van der Waals surface area contributed by atoms with Crippen LogP contribution in [0.25, 0.3) is 5.57 Å². The molecule has 1 aromatic rings. The quantitative estimate of drug-likeness (QED) is 0.927. The molecular formula is C16H22N2O2S. The number of carbonyl (C=O) groups excluding carboxylic acids is 1. The van der Waals surface area contributed by atoms with Crippen LogP contribution in [-0.2, 0) is 10.8 Å². The van der Waals surface area contributed by atoms with Gasteiger partial charge in [0.2, 0.25) is 0 Å². The molecule has 1 aromatic carbocycles. The van der Waals surface area contributed by atoms with Crippen LogP contribution in [0.1, 0.15) is 18.9 Å². The zero-order chi connectivity index (χ0) is 15.2. The van der Waals surface area contributed by atoms with E-state index >= 15 is 0 Å². The summed E-state index contributed by atoms with van der Waals surface area (Å²) in [5.41, 5.74) is 2.35. The first-order valence-corrected chi connectivity index (χ1v) is 8.89. The largest absolute Gasteiger partial charge is 0.335 e.